The van der Waals surface area contributed by atoms with Crippen LogP contribution in [0.5, 0.6) is 5.75 Å². The van der Waals surface area contributed by atoms with Crippen molar-refractivity contribution in [3.8, 4) is 5.75 Å². The minimum absolute atomic E-state index is 0.198. The van der Waals surface area contributed by atoms with Gasteiger partial charge in [-0.2, -0.15) is 0 Å². The maximum Gasteiger partial charge on any atom is 0.167 e. The number of aryl methyl sites for hydroxylation is 1. The number of hydrogen-bond acceptors (Lipinski definition) is 2. The summed E-state index contributed by atoms with van der Waals surface area (Å²) in [7, 11) is 0. The van der Waals surface area contributed by atoms with E-state index in [1.165, 1.54) is 0 Å². The molecule has 2 unspecified atom stereocenters. The summed E-state index contributed by atoms with van der Waals surface area (Å²) in [5.74, 6) is -0.165. The summed E-state index contributed by atoms with van der Waals surface area (Å²) < 4.78 is 20.0. The Morgan fingerprint density at radius 1 is 1.19 bits per heavy atom. The van der Waals surface area contributed by atoms with E-state index in [0.29, 0.717) is 17.0 Å². The van der Waals surface area contributed by atoms with Gasteiger partial charge in [0.15, 0.2) is 11.6 Å². The highest BCUT2D eigenvalue weighted by molar-refractivity contribution is 6.31. The molecule has 4 heteroatoms. The zero-order valence-electron chi connectivity index (χ0n) is 12.1. The Morgan fingerprint density at radius 3 is 2.57 bits per heavy atom. The lowest BCUT2D eigenvalue weighted by Gasteiger charge is -2.26. The molecule has 0 spiro atoms. The van der Waals surface area contributed by atoms with Gasteiger partial charge >= 0.3 is 0 Å². The predicted octanol–water partition coefficient (Wildman–Crippen LogP) is 4.64. The van der Waals surface area contributed by atoms with Crippen LogP contribution in [0.25, 0.3) is 0 Å². The van der Waals surface area contributed by atoms with Crippen molar-refractivity contribution in [3.05, 3.63) is 64.4 Å². The smallest absolute Gasteiger partial charge is 0.167 e. The first kappa shape index (κ1) is 15.8. The number of rotatable bonds is 5. The van der Waals surface area contributed by atoms with Crippen LogP contribution >= 0.6 is 11.6 Å². The molecule has 2 aromatic rings. The monoisotopic (exact) mass is 307 g/mol. The molecule has 0 aliphatic rings. The van der Waals surface area contributed by atoms with Crippen LogP contribution in [0, 0.1) is 12.7 Å². The summed E-state index contributed by atoms with van der Waals surface area (Å²) in [6.07, 6.45) is 0.212. The Bertz CT molecular complexity index is 617. The van der Waals surface area contributed by atoms with E-state index in [2.05, 4.69) is 0 Å². The van der Waals surface area contributed by atoms with E-state index in [1.54, 1.807) is 31.2 Å². The van der Waals surface area contributed by atoms with E-state index in [4.69, 9.17) is 22.1 Å². The summed E-state index contributed by atoms with van der Waals surface area (Å²) in [6, 6.07) is 12.1. The molecule has 0 saturated carbocycles. The Kier molecular flexibility index (Phi) is 5.21. The summed E-state index contributed by atoms with van der Waals surface area (Å²) in [5, 5.41) is 0.569. The molecular weight excluding hydrogens is 289 g/mol. The van der Waals surface area contributed by atoms with Crippen molar-refractivity contribution < 1.29 is 9.13 Å². The molecule has 0 aliphatic carbocycles. The number of benzene rings is 2. The molecule has 0 aliphatic heterocycles. The third-order valence-corrected chi connectivity index (χ3v) is 3.83. The van der Waals surface area contributed by atoms with Crippen LogP contribution in [-0.4, -0.2) is 6.04 Å². The molecule has 0 amide bonds. The van der Waals surface area contributed by atoms with Gasteiger partial charge in [-0.05, 0) is 31.0 Å². The van der Waals surface area contributed by atoms with Crippen LogP contribution in [0.2, 0.25) is 5.02 Å². The Hall–Kier alpha value is -1.58. The van der Waals surface area contributed by atoms with Gasteiger partial charge in [-0.15, -0.1) is 0 Å². The highest BCUT2D eigenvalue weighted by Crippen LogP contribution is 2.32. The average molecular weight is 308 g/mol. The fourth-order valence-corrected chi connectivity index (χ4v) is 2.39. The molecule has 0 fully saturated rings. The van der Waals surface area contributed by atoms with Gasteiger partial charge in [0, 0.05) is 16.6 Å². The van der Waals surface area contributed by atoms with Crippen LogP contribution in [0.4, 0.5) is 4.39 Å². The molecule has 0 aromatic heterocycles. The minimum Gasteiger partial charge on any atom is -0.481 e. The lowest BCUT2D eigenvalue weighted by atomic mass is 10.0. The van der Waals surface area contributed by atoms with E-state index >= 15 is 0 Å². The van der Waals surface area contributed by atoms with Crippen molar-refractivity contribution in [2.75, 3.05) is 0 Å². The highest BCUT2D eigenvalue weighted by atomic mass is 35.5. The fourth-order valence-electron chi connectivity index (χ4n) is 2.15. The molecule has 2 rings (SSSR count). The van der Waals surface area contributed by atoms with Crippen LogP contribution in [0.1, 0.15) is 30.6 Å². The molecule has 112 valence electrons. The van der Waals surface area contributed by atoms with Gasteiger partial charge in [0.25, 0.3) is 0 Å². The summed E-state index contributed by atoms with van der Waals surface area (Å²) in [5.41, 5.74) is 7.46. The van der Waals surface area contributed by atoms with E-state index in [1.807, 2.05) is 25.1 Å². The second-order valence-electron chi connectivity index (χ2n) is 5.02. The van der Waals surface area contributed by atoms with E-state index < -0.39 is 6.10 Å². The van der Waals surface area contributed by atoms with Crippen LogP contribution in [-0.2, 0) is 0 Å². The molecule has 0 heterocycles. The first-order valence-corrected chi connectivity index (χ1v) is 7.34. The van der Waals surface area contributed by atoms with E-state index in [-0.39, 0.29) is 17.6 Å². The van der Waals surface area contributed by atoms with Gasteiger partial charge in [0.1, 0.15) is 6.10 Å². The zero-order chi connectivity index (χ0) is 15.4. The molecule has 2 aromatic carbocycles. The topological polar surface area (TPSA) is 35.2 Å². The largest absolute Gasteiger partial charge is 0.481 e. The lowest BCUT2D eigenvalue weighted by molar-refractivity contribution is 0.163. The standard InChI is InChI=1S/C17H19ClFNO/c1-3-14(20)17(12-8-4-5-9-13(12)18)21-15-10-6-7-11(2)16(15)19/h4-10,14,17H,3,20H2,1-2H3. The second-order valence-corrected chi connectivity index (χ2v) is 5.43. The van der Waals surface area contributed by atoms with Gasteiger partial charge in [0.05, 0.1) is 0 Å². The van der Waals surface area contributed by atoms with Gasteiger partial charge in [-0.3, -0.25) is 0 Å². The molecule has 2 nitrogen and oxygen atoms in total. The van der Waals surface area contributed by atoms with Crippen molar-refractivity contribution in [3.63, 3.8) is 0 Å². The first-order chi connectivity index (χ1) is 10.0. The predicted molar refractivity (Wildman–Crippen MR) is 84.2 cm³/mol. The SMILES string of the molecule is CCC(N)C(Oc1cccc(C)c1F)c1ccccc1Cl. The Morgan fingerprint density at radius 2 is 1.90 bits per heavy atom. The van der Waals surface area contributed by atoms with Crippen LogP contribution in [0.15, 0.2) is 42.5 Å². The van der Waals surface area contributed by atoms with Crippen molar-refractivity contribution in [2.24, 2.45) is 5.73 Å². The first-order valence-electron chi connectivity index (χ1n) is 6.96. The third kappa shape index (κ3) is 3.55. The highest BCUT2D eigenvalue weighted by Gasteiger charge is 2.24. The zero-order valence-corrected chi connectivity index (χ0v) is 12.9. The lowest BCUT2D eigenvalue weighted by Crippen LogP contribution is -2.31. The maximum absolute atomic E-state index is 14.1. The summed E-state index contributed by atoms with van der Waals surface area (Å²) in [4.78, 5) is 0. The Balaban J connectivity index is 2.38. The molecule has 0 saturated heterocycles. The fraction of sp³-hybridized carbons (Fsp3) is 0.294. The second kappa shape index (κ2) is 6.92. The molecule has 2 atom stereocenters. The van der Waals surface area contributed by atoms with Crippen molar-refractivity contribution >= 4 is 11.6 Å². The summed E-state index contributed by atoms with van der Waals surface area (Å²) in [6.45, 7) is 3.66. The van der Waals surface area contributed by atoms with Crippen molar-refractivity contribution in [2.45, 2.75) is 32.4 Å². The van der Waals surface area contributed by atoms with Gasteiger partial charge in [0.2, 0.25) is 0 Å². The number of ether oxygens (including phenoxy) is 1. The molecule has 21 heavy (non-hydrogen) atoms. The number of halogens is 2. The molecular formula is C17H19ClFNO. The summed E-state index contributed by atoms with van der Waals surface area (Å²) >= 11 is 6.23. The number of nitrogens with two attached hydrogens (primary N) is 1. The van der Waals surface area contributed by atoms with Gasteiger partial charge in [-0.25, -0.2) is 4.39 Å². The van der Waals surface area contributed by atoms with Crippen molar-refractivity contribution in [1.82, 2.24) is 0 Å². The van der Waals surface area contributed by atoms with Gasteiger partial charge in [-0.1, -0.05) is 48.9 Å². The number of hydrogen-bond donors (Lipinski definition) is 1. The van der Waals surface area contributed by atoms with Crippen LogP contribution < -0.4 is 10.5 Å². The molecule has 2 N–H and O–H groups in total. The van der Waals surface area contributed by atoms with Gasteiger partial charge < -0.3 is 10.5 Å². The van der Waals surface area contributed by atoms with E-state index in [9.17, 15) is 4.39 Å². The Labute approximate surface area is 129 Å². The molecule has 0 radical (unpaired) electrons. The van der Waals surface area contributed by atoms with E-state index in [0.717, 1.165) is 5.56 Å². The van der Waals surface area contributed by atoms with Crippen molar-refractivity contribution in [1.29, 1.82) is 0 Å². The van der Waals surface area contributed by atoms with Crippen LogP contribution in [0.3, 0.4) is 0 Å². The third-order valence-electron chi connectivity index (χ3n) is 3.48. The normalized spacial score (nSPS) is 13.8. The minimum atomic E-state index is -0.486. The maximum atomic E-state index is 14.1. The quantitative estimate of drug-likeness (QED) is 0.873. The molecule has 0 bridgehead atoms. The average Bonchev–Trinajstić information content (AvgIpc) is 2.49.